The first-order valence-corrected chi connectivity index (χ1v) is 10.8. The lowest BCUT2D eigenvalue weighted by atomic mass is 9.92. The molecule has 1 aromatic heterocycles. The lowest BCUT2D eigenvalue weighted by Gasteiger charge is -2.28. The predicted molar refractivity (Wildman–Crippen MR) is 130 cm³/mol. The minimum Gasteiger partial charge on any atom is -0.497 e. The van der Waals surface area contributed by atoms with Crippen molar-refractivity contribution in [3.05, 3.63) is 84.4 Å². The summed E-state index contributed by atoms with van der Waals surface area (Å²) in [5.74, 6) is -0.327. The van der Waals surface area contributed by atoms with Gasteiger partial charge in [-0.25, -0.2) is 9.78 Å². The zero-order chi connectivity index (χ0) is 23.6. The van der Waals surface area contributed by atoms with Gasteiger partial charge in [0.05, 0.1) is 24.1 Å². The molecule has 5 heteroatoms. The van der Waals surface area contributed by atoms with Crippen LogP contribution in [0.25, 0.3) is 33.3 Å². The summed E-state index contributed by atoms with van der Waals surface area (Å²) in [6.07, 6.45) is -1.18. The second kappa shape index (κ2) is 9.04. The normalized spacial score (nSPS) is 12.5. The van der Waals surface area contributed by atoms with Crippen molar-refractivity contribution in [3.63, 3.8) is 0 Å². The van der Waals surface area contributed by atoms with E-state index in [1.165, 1.54) is 0 Å². The Morgan fingerprint density at radius 3 is 2.12 bits per heavy atom. The molecule has 1 N–H and O–H groups in total. The number of carboxylic acids is 1. The van der Waals surface area contributed by atoms with Gasteiger partial charge in [-0.15, -0.1) is 0 Å². The fourth-order valence-corrected chi connectivity index (χ4v) is 3.94. The Labute approximate surface area is 193 Å². The van der Waals surface area contributed by atoms with Crippen molar-refractivity contribution in [2.24, 2.45) is 0 Å². The summed E-state index contributed by atoms with van der Waals surface area (Å²) < 4.78 is 11.5. The van der Waals surface area contributed by atoms with E-state index in [0.717, 1.165) is 33.3 Å². The molecule has 0 fully saturated rings. The van der Waals surface area contributed by atoms with Gasteiger partial charge < -0.3 is 14.6 Å². The van der Waals surface area contributed by atoms with Crippen molar-refractivity contribution in [3.8, 4) is 28.3 Å². The van der Waals surface area contributed by atoms with Crippen molar-refractivity contribution in [1.82, 2.24) is 4.98 Å². The van der Waals surface area contributed by atoms with Gasteiger partial charge in [0.25, 0.3) is 0 Å². The summed E-state index contributed by atoms with van der Waals surface area (Å²) in [6, 6.07) is 25.1. The number of methoxy groups -OCH3 is 1. The molecule has 0 bridgehead atoms. The third-order valence-electron chi connectivity index (χ3n) is 5.30. The molecule has 0 aliphatic heterocycles. The quantitative estimate of drug-likeness (QED) is 0.369. The summed E-state index contributed by atoms with van der Waals surface area (Å²) in [4.78, 5) is 17.5. The van der Waals surface area contributed by atoms with E-state index < -0.39 is 17.7 Å². The van der Waals surface area contributed by atoms with Gasteiger partial charge in [0.2, 0.25) is 0 Å². The van der Waals surface area contributed by atoms with Crippen LogP contribution in [0.4, 0.5) is 0 Å². The number of aromatic nitrogens is 1. The van der Waals surface area contributed by atoms with Crippen molar-refractivity contribution in [2.45, 2.75) is 32.5 Å². The van der Waals surface area contributed by atoms with Crippen LogP contribution in [0.15, 0.2) is 78.9 Å². The summed E-state index contributed by atoms with van der Waals surface area (Å²) in [6.45, 7) is 5.56. The largest absolute Gasteiger partial charge is 0.497 e. The van der Waals surface area contributed by atoms with Gasteiger partial charge in [0.1, 0.15) is 5.75 Å². The third kappa shape index (κ3) is 4.73. The number of ether oxygens (including phenoxy) is 2. The number of nitrogens with zero attached hydrogens (tertiary/aromatic N) is 1. The Kier molecular flexibility index (Phi) is 6.16. The molecule has 0 amide bonds. The minimum absolute atomic E-state index is 0.547. The molecular formula is C28H27NO4. The summed E-state index contributed by atoms with van der Waals surface area (Å²) in [5, 5.41) is 11.8. The van der Waals surface area contributed by atoms with Crippen LogP contribution in [-0.2, 0) is 9.53 Å². The fraction of sp³-hybridized carbons (Fsp3) is 0.214. The molecule has 4 aromatic rings. The molecule has 3 aromatic carbocycles. The first kappa shape index (κ1) is 22.5. The van der Waals surface area contributed by atoms with Gasteiger partial charge in [-0.3, -0.25) is 0 Å². The lowest BCUT2D eigenvalue weighted by Crippen LogP contribution is -2.28. The van der Waals surface area contributed by atoms with Crippen LogP contribution in [0, 0.1) is 0 Å². The molecule has 0 saturated heterocycles. The van der Waals surface area contributed by atoms with E-state index in [9.17, 15) is 9.90 Å². The van der Waals surface area contributed by atoms with Crippen LogP contribution in [0.2, 0.25) is 0 Å². The Morgan fingerprint density at radius 1 is 0.848 bits per heavy atom. The lowest BCUT2D eigenvalue weighted by molar-refractivity contribution is -0.160. The minimum atomic E-state index is -1.18. The molecule has 1 unspecified atom stereocenters. The molecule has 4 rings (SSSR count). The van der Waals surface area contributed by atoms with Crippen LogP contribution < -0.4 is 4.74 Å². The smallest absolute Gasteiger partial charge is 0.337 e. The van der Waals surface area contributed by atoms with E-state index in [2.05, 4.69) is 0 Å². The Hall–Kier alpha value is -3.70. The molecule has 0 aliphatic rings. The topological polar surface area (TPSA) is 68.7 Å². The maximum Gasteiger partial charge on any atom is 0.337 e. The average molecular weight is 442 g/mol. The van der Waals surface area contributed by atoms with Crippen LogP contribution in [-0.4, -0.2) is 28.8 Å². The monoisotopic (exact) mass is 441 g/mol. The van der Waals surface area contributed by atoms with Gasteiger partial charge in [-0.2, -0.15) is 0 Å². The van der Waals surface area contributed by atoms with E-state index in [0.29, 0.717) is 11.3 Å². The Balaban J connectivity index is 2.10. The van der Waals surface area contributed by atoms with E-state index in [4.69, 9.17) is 14.5 Å². The molecule has 0 spiro atoms. The van der Waals surface area contributed by atoms with Crippen molar-refractivity contribution < 1.29 is 19.4 Å². The van der Waals surface area contributed by atoms with Crippen LogP contribution >= 0.6 is 0 Å². The number of carboxylic acid groups (broad SMARTS) is 1. The van der Waals surface area contributed by atoms with E-state index in [1.807, 2.05) is 99.6 Å². The Bertz CT molecular complexity index is 1290. The van der Waals surface area contributed by atoms with Gasteiger partial charge in [-0.1, -0.05) is 66.7 Å². The van der Waals surface area contributed by atoms with E-state index in [1.54, 1.807) is 7.11 Å². The standard InChI is InChI=1S/C28H27NO4/c1-28(2,3)33-26(27(30)31)23-21-15-8-9-16-22(21)24(19-13-10-14-20(17-19)32-4)29-25(23)18-11-6-5-7-12-18/h5-17,26H,1-4H3,(H,30,31). The zero-order valence-electron chi connectivity index (χ0n) is 19.2. The Morgan fingerprint density at radius 2 is 1.48 bits per heavy atom. The molecule has 0 radical (unpaired) electrons. The SMILES string of the molecule is COc1cccc(-c2nc(-c3ccccc3)c(C(OC(C)(C)C)C(=O)O)c3ccccc23)c1. The second-order valence-electron chi connectivity index (χ2n) is 8.81. The second-order valence-corrected chi connectivity index (χ2v) is 8.81. The molecule has 1 atom stereocenters. The highest BCUT2D eigenvalue weighted by Crippen LogP contribution is 2.40. The predicted octanol–water partition coefficient (Wildman–Crippen LogP) is 6.52. The van der Waals surface area contributed by atoms with Crippen LogP contribution in [0.5, 0.6) is 5.75 Å². The molecular weight excluding hydrogens is 414 g/mol. The highest BCUT2D eigenvalue weighted by molar-refractivity contribution is 6.02. The number of aliphatic carboxylic acids is 1. The number of hydrogen-bond acceptors (Lipinski definition) is 4. The van der Waals surface area contributed by atoms with Gasteiger partial charge in [0.15, 0.2) is 6.10 Å². The molecule has 0 saturated carbocycles. The maximum absolute atomic E-state index is 12.5. The fourth-order valence-electron chi connectivity index (χ4n) is 3.94. The van der Waals surface area contributed by atoms with E-state index >= 15 is 0 Å². The van der Waals surface area contributed by atoms with Gasteiger partial charge >= 0.3 is 5.97 Å². The zero-order valence-corrected chi connectivity index (χ0v) is 19.2. The van der Waals surface area contributed by atoms with Crippen LogP contribution in [0.1, 0.15) is 32.4 Å². The number of rotatable bonds is 6. The highest BCUT2D eigenvalue weighted by Gasteiger charge is 2.32. The summed E-state index contributed by atoms with van der Waals surface area (Å²) >= 11 is 0. The first-order chi connectivity index (χ1) is 15.8. The molecule has 1 heterocycles. The number of benzene rings is 3. The summed E-state index contributed by atoms with van der Waals surface area (Å²) in [5.41, 5.74) is 2.94. The van der Waals surface area contributed by atoms with Crippen molar-refractivity contribution >= 4 is 16.7 Å². The third-order valence-corrected chi connectivity index (χ3v) is 5.30. The molecule has 0 aliphatic carbocycles. The number of hydrogen-bond donors (Lipinski definition) is 1. The number of carbonyl (C=O) groups is 1. The van der Waals surface area contributed by atoms with Gasteiger partial charge in [0, 0.05) is 22.1 Å². The van der Waals surface area contributed by atoms with Crippen molar-refractivity contribution in [2.75, 3.05) is 7.11 Å². The molecule has 168 valence electrons. The van der Waals surface area contributed by atoms with E-state index in [-0.39, 0.29) is 0 Å². The molecule has 5 nitrogen and oxygen atoms in total. The van der Waals surface area contributed by atoms with Gasteiger partial charge in [-0.05, 0) is 38.3 Å². The van der Waals surface area contributed by atoms with Crippen molar-refractivity contribution in [1.29, 1.82) is 0 Å². The maximum atomic E-state index is 12.5. The average Bonchev–Trinajstić information content (AvgIpc) is 2.81. The highest BCUT2D eigenvalue weighted by atomic mass is 16.5. The van der Waals surface area contributed by atoms with Crippen LogP contribution in [0.3, 0.4) is 0 Å². The molecule has 33 heavy (non-hydrogen) atoms. The number of pyridine rings is 1. The first-order valence-electron chi connectivity index (χ1n) is 10.8. The summed E-state index contributed by atoms with van der Waals surface area (Å²) in [7, 11) is 1.63. The number of fused-ring (bicyclic) bond motifs is 1.